The number of nitrogens with zero attached hydrogens (tertiary/aromatic N) is 1. The highest BCUT2D eigenvalue weighted by atomic mass is 32.2. The molecule has 0 aliphatic heterocycles. The van der Waals surface area contributed by atoms with E-state index in [4.69, 9.17) is 5.73 Å². The molecule has 0 fully saturated rings. The first kappa shape index (κ1) is 13.1. The molecular weight excluding hydrogens is 247 g/mol. The zero-order valence-electron chi connectivity index (χ0n) is 9.92. The first-order valence-corrected chi connectivity index (χ1v) is 6.76. The van der Waals surface area contributed by atoms with Gasteiger partial charge in [0, 0.05) is 29.1 Å². The molecule has 0 bridgehead atoms. The maximum atomic E-state index is 13.4. The monoisotopic (exact) mass is 262 g/mol. The number of halogens is 1. The standard InChI is InChI=1S/C14H15FN2S/c15-13-3-1-2-4-14(13)18-10-12(16)9-11-5-7-17-8-6-11/h1-8,12H,9-10,16H2. The van der Waals surface area contributed by atoms with E-state index in [9.17, 15) is 4.39 Å². The van der Waals surface area contributed by atoms with Gasteiger partial charge >= 0.3 is 0 Å². The summed E-state index contributed by atoms with van der Waals surface area (Å²) >= 11 is 1.46. The molecule has 0 aliphatic rings. The second-order valence-electron chi connectivity index (χ2n) is 4.06. The van der Waals surface area contributed by atoms with Crippen LogP contribution >= 0.6 is 11.8 Å². The Bertz CT molecular complexity index is 490. The Hall–Kier alpha value is -1.39. The van der Waals surface area contributed by atoms with Crippen LogP contribution in [0, 0.1) is 5.82 Å². The molecular formula is C14H15FN2S. The van der Waals surface area contributed by atoms with Gasteiger partial charge in [-0.05, 0) is 36.2 Å². The van der Waals surface area contributed by atoms with Crippen molar-refractivity contribution < 1.29 is 4.39 Å². The summed E-state index contributed by atoms with van der Waals surface area (Å²) in [5.41, 5.74) is 7.20. The SMILES string of the molecule is NC(CSc1ccccc1F)Cc1ccncc1. The average Bonchev–Trinajstić information content (AvgIpc) is 2.39. The Morgan fingerprint density at radius 1 is 1.17 bits per heavy atom. The fraction of sp³-hybridized carbons (Fsp3) is 0.214. The summed E-state index contributed by atoms with van der Waals surface area (Å²) in [6.45, 7) is 0. The summed E-state index contributed by atoms with van der Waals surface area (Å²) in [4.78, 5) is 4.62. The highest BCUT2D eigenvalue weighted by Gasteiger charge is 2.07. The molecule has 4 heteroatoms. The second-order valence-corrected chi connectivity index (χ2v) is 5.12. The van der Waals surface area contributed by atoms with Crippen molar-refractivity contribution in [3.05, 3.63) is 60.2 Å². The van der Waals surface area contributed by atoms with Gasteiger partial charge in [0.15, 0.2) is 0 Å². The molecule has 1 aromatic carbocycles. The molecule has 0 saturated carbocycles. The van der Waals surface area contributed by atoms with Crippen LogP contribution in [-0.2, 0) is 6.42 Å². The van der Waals surface area contributed by atoms with Gasteiger partial charge in [-0.1, -0.05) is 12.1 Å². The van der Waals surface area contributed by atoms with Crippen molar-refractivity contribution in [2.24, 2.45) is 5.73 Å². The summed E-state index contributed by atoms with van der Waals surface area (Å²) in [6, 6.07) is 10.7. The van der Waals surface area contributed by atoms with Crippen molar-refractivity contribution >= 4 is 11.8 Å². The lowest BCUT2D eigenvalue weighted by Crippen LogP contribution is -2.25. The van der Waals surface area contributed by atoms with Gasteiger partial charge < -0.3 is 5.73 Å². The summed E-state index contributed by atoms with van der Waals surface area (Å²) in [6.07, 6.45) is 4.29. The summed E-state index contributed by atoms with van der Waals surface area (Å²) < 4.78 is 13.4. The molecule has 1 heterocycles. The Balaban J connectivity index is 1.86. The lowest BCUT2D eigenvalue weighted by Gasteiger charge is -2.11. The first-order chi connectivity index (χ1) is 8.75. The molecule has 1 atom stereocenters. The normalized spacial score (nSPS) is 12.3. The van der Waals surface area contributed by atoms with Crippen LogP contribution in [0.2, 0.25) is 0 Å². The maximum Gasteiger partial charge on any atom is 0.136 e. The van der Waals surface area contributed by atoms with Crippen molar-refractivity contribution in [1.82, 2.24) is 4.98 Å². The van der Waals surface area contributed by atoms with E-state index in [0.29, 0.717) is 10.6 Å². The highest BCUT2D eigenvalue weighted by molar-refractivity contribution is 7.99. The number of hydrogen-bond donors (Lipinski definition) is 1. The average molecular weight is 262 g/mol. The predicted molar refractivity (Wildman–Crippen MR) is 73.0 cm³/mol. The van der Waals surface area contributed by atoms with Crippen LogP contribution in [0.3, 0.4) is 0 Å². The van der Waals surface area contributed by atoms with Crippen molar-refractivity contribution in [3.63, 3.8) is 0 Å². The van der Waals surface area contributed by atoms with E-state index in [1.165, 1.54) is 17.8 Å². The van der Waals surface area contributed by atoms with Crippen LogP contribution in [0.5, 0.6) is 0 Å². The first-order valence-electron chi connectivity index (χ1n) is 5.77. The molecule has 2 rings (SSSR count). The minimum absolute atomic E-state index is 0.0111. The molecule has 2 aromatic rings. The van der Waals surface area contributed by atoms with Crippen LogP contribution in [-0.4, -0.2) is 16.8 Å². The molecule has 1 unspecified atom stereocenters. The number of thioether (sulfide) groups is 1. The molecule has 0 spiro atoms. The lowest BCUT2D eigenvalue weighted by molar-refractivity contribution is 0.601. The van der Waals surface area contributed by atoms with Crippen molar-refractivity contribution in [2.45, 2.75) is 17.4 Å². The fourth-order valence-electron chi connectivity index (χ4n) is 1.64. The molecule has 1 aromatic heterocycles. The van der Waals surface area contributed by atoms with E-state index >= 15 is 0 Å². The number of pyridine rings is 1. The van der Waals surface area contributed by atoms with Gasteiger partial charge in [0.2, 0.25) is 0 Å². The van der Waals surface area contributed by atoms with E-state index in [0.717, 1.165) is 12.0 Å². The topological polar surface area (TPSA) is 38.9 Å². The fourth-order valence-corrected chi connectivity index (χ4v) is 2.53. The van der Waals surface area contributed by atoms with E-state index in [-0.39, 0.29) is 11.9 Å². The number of rotatable bonds is 5. The Kier molecular flexibility index (Phi) is 4.73. The third-order valence-electron chi connectivity index (χ3n) is 2.54. The van der Waals surface area contributed by atoms with E-state index in [1.54, 1.807) is 24.5 Å². The van der Waals surface area contributed by atoms with Crippen LogP contribution < -0.4 is 5.73 Å². The molecule has 0 saturated heterocycles. The largest absolute Gasteiger partial charge is 0.327 e. The Labute approximate surface area is 110 Å². The maximum absolute atomic E-state index is 13.4. The lowest BCUT2D eigenvalue weighted by atomic mass is 10.1. The number of benzene rings is 1. The molecule has 0 aliphatic carbocycles. The highest BCUT2D eigenvalue weighted by Crippen LogP contribution is 2.22. The van der Waals surface area contributed by atoms with Crippen molar-refractivity contribution in [3.8, 4) is 0 Å². The summed E-state index contributed by atoms with van der Waals surface area (Å²) in [5.74, 6) is 0.516. The predicted octanol–water partition coefficient (Wildman–Crippen LogP) is 2.88. The van der Waals surface area contributed by atoms with E-state index < -0.39 is 0 Å². The third kappa shape index (κ3) is 3.82. The molecule has 0 amide bonds. The summed E-state index contributed by atoms with van der Waals surface area (Å²) in [7, 11) is 0. The van der Waals surface area contributed by atoms with Gasteiger partial charge in [0.25, 0.3) is 0 Å². The minimum atomic E-state index is -0.182. The summed E-state index contributed by atoms with van der Waals surface area (Å²) in [5, 5.41) is 0. The third-order valence-corrected chi connectivity index (χ3v) is 3.77. The number of hydrogen-bond acceptors (Lipinski definition) is 3. The van der Waals surface area contributed by atoms with Gasteiger partial charge in [0.05, 0.1) is 0 Å². The number of nitrogens with two attached hydrogens (primary N) is 1. The number of aromatic nitrogens is 1. The zero-order chi connectivity index (χ0) is 12.8. The molecule has 2 nitrogen and oxygen atoms in total. The quantitative estimate of drug-likeness (QED) is 0.842. The van der Waals surface area contributed by atoms with Crippen LogP contribution in [0.1, 0.15) is 5.56 Å². The van der Waals surface area contributed by atoms with Crippen LogP contribution in [0.25, 0.3) is 0 Å². The van der Waals surface area contributed by atoms with Gasteiger partial charge in [-0.15, -0.1) is 11.8 Å². The van der Waals surface area contributed by atoms with Crippen molar-refractivity contribution in [2.75, 3.05) is 5.75 Å². The van der Waals surface area contributed by atoms with Crippen LogP contribution in [0.15, 0.2) is 53.7 Å². The van der Waals surface area contributed by atoms with Gasteiger partial charge in [-0.2, -0.15) is 0 Å². The minimum Gasteiger partial charge on any atom is -0.327 e. The zero-order valence-corrected chi connectivity index (χ0v) is 10.7. The smallest absolute Gasteiger partial charge is 0.136 e. The molecule has 94 valence electrons. The Morgan fingerprint density at radius 3 is 2.61 bits per heavy atom. The van der Waals surface area contributed by atoms with Crippen molar-refractivity contribution in [1.29, 1.82) is 0 Å². The van der Waals surface area contributed by atoms with E-state index in [1.807, 2.05) is 18.2 Å². The Morgan fingerprint density at radius 2 is 1.89 bits per heavy atom. The van der Waals surface area contributed by atoms with Gasteiger partial charge in [-0.3, -0.25) is 4.98 Å². The van der Waals surface area contributed by atoms with E-state index in [2.05, 4.69) is 4.98 Å². The van der Waals surface area contributed by atoms with Crippen LogP contribution in [0.4, 0.5) is 4.39 Å². The molecule has 0 radical (unpaired) electrons. The molecule has 18 heavy (non-hydrogen) atoms. The second kappa shape index (κ2) is 6.52. The van der Waals surface area contributed by atoms with Gasteiger partial charge in [-0.25, -0.2) is 4.39 Å². The molecule has 2 N–H and O–H groups in total. The van der Waals surface area contributed by atoms with Gasteiger partial charge in [0.1, 0.15) is 5.82 Å².